The van der Waals surface area contributed by atoms with Crippen molar-refractivity contribution >= 4 is 23.4 Å². The molecule has 1 aromatic carbocycles. The number of carbonyl (C=O) groups excluding carboxylic acids is 1. The van der Waals surface area contributed by atoms with Gasteiger partial charge in [-0.2, -0.15) is 0 Å². The van der Waals surface area contributed by atoms with Gasteiger partial charge in [-0.15, -0.1) is 11.8 Å². The SMILES string of the molecule is CN(C)C(O)c1ccc2c(c1)NC(=O)CS2. The van der Waals surface area contributed by atoms with Crippen LogP contribution in [-0.2, 0) is 4.79 Å². The van der Waals surface area contributed by atoms with Crippen LogP contribution in [0.3, 0.4) is 0 Å². The van der Waals surface area contributed by atoms with Crippen LogP contribution in [0, 0.1) is 0 Å². The molecule has 0 saturated carbocycles. The molecule has 4 nitrogen and oxygen atoms in total. The number of benzene rings is 1. The Morgan fingerprint density at radius 2 is 2.25 bits per heavy atom. The fourth-order valence-electron chi connectivity index (χ4n) is 1.56. The molecule has 16 heavy (non-hydrogen) atoms. The molecular weight excluding hydrogens is 224 g/mol. The fourth-order valence-corrected chi connectivity index (χ4v) is 2.35. The third-order valence-corrected chi connectivity index (χ3v) is 3.50. The van der Waals surface area contributed by atoms with E-state index in [0.29, 0.717) is 5.75 Å². The highest BCUT2D eigenvalue weighted by atomic mass is 32.2. The highest BCUT2D eigenvalue weighted by molar-refractivity contribution is 8.00. The zero-order chi connectivity index (χ0) is 11.7. The Bertz CT molecular complexity index is 420. The summed E-state index contributed by atoms with van der Waals surface area (Å²) in [6, 6.07) is 5.64. The Balaban J connectivity index is 2.31. The predicted octanol–water partition coefficient (Wildman–Crippen LogP) is 1.28. The van der Waals surface area contributed by atoms with Gasteiger partial charge < -0.3 is 10.4 Å². The molecule has 2 N–H and O–H groups in total. The summed E-state index contributed by atoms with van der Waals surface area (Å²) < 4.78 is 0. The highest BCUT2D eigenvalue weighted by Gasteiger charge is 2.18. The van der Waals surface area contributed by atoms with E-state index in [4.69, 9.17) is 0 Å². The molecule has 1 unspecified atom stereocenters. The summed E-state index contributed by atoms with van der Waals surface area (Å²) in [4.78, 5) is 14.0. The van der Waals surface area contributed by atoms with Crippen molar-refractivity contribution < 1.29 is 9.90 Å². The molecule has 1 amide bonds. The van der Waals surface area contributed by atoms with Crippen molar-refractivity contribution in [3.63, 3.8) is 0 Å². The van der Waals surface area contributed by atoms with Crippen LogP contribution in [0.5, 0.6) is 0 Å². The Morgan fingerprint density at radius 3 is 2.94 bits per heavy atom. The third-order valence-electron chi connectivity index (χ3n) is 2.42. The average Bonchev–Trinajstić information content (AvgIpc) is 2.26. The molecule has 0 fully saturated rings. The van der Waals surface area contributed by atoms with Gasteiger partial charge in [-0.25, -0.2) is 0 Å². The number of thioether (sulfide) groups is 1. The number of nitrogens with one attached hydrogen (secondary N) is 1. The third kappa shape index (κ3) is 2.21. The predicted molar refractivity (Wildman–Crippen MR) is 64.4 cm³/mol. The minimum atomic E-state index is -0.644. The Kier molecular flexibility index (Phi) is 3.18. The van der Waals surface area contributed by atoms with Gasteiger partial charge in [-0.05, 0) is 31.8 Å². The van der Waals surface area contributed by atoms with Crippen molar-refractivity contribution in [3.8, 4) is 0 Å². The molecule has 0 radical (unpaired) electrons. The maximum atomic E-state index is 11.2. The van der Waals surface area contributed by atoms with Gasteiger partial charge in [0.1, 0.15) is 6.23 Å². The van der Waals surface area contributed by atoms with E-state index in [1.165, 1.54) is 11.8 Å². The van der Waals surface area contributed by atoms with Gasteiger partial charge in [-0.3, -0.25) is 9.69 Å². The summed E-state index contributed by atoms with van der Waals surface area (Å²) in [5, 5.41) is 12.7. The van der Waals surface area contributed by atoms with Crippen LogP contribution in [0.1, 0.15) is 11.8 Å². The summed E-state index contributed by atoms with van der Waals surface area (Å²) in [5.74, 6) is 0.469. The molecule has 0 aromatic heterocycles. The summed E-state index contributed by atoms with van der Waals surface area (Å²) in [6.07, 6.45) is -0.644. The molecular formula is C11H14N2O2S. The van der Waals surface area contributed by atoms with Crippen LogP contribution in [-0.4, -0.2) is 35.8 Å². The Hall–Kier alpha value is -1.04. The first-order chi connectivity index (χ1) is 7.58. The molecule has 0 aliphatic carbocycles. The lowest BCUT2D eigenvalue weighted by molar-refractivity contribution is -0.113. The number of amides is 1. The van der Waals surface area contributed by atoms with E-state index >= 15 is 0 Å². The number of nitrogens with zero attached hydrogens (tertiary/aromatic N) is 1. The van der Waals surface area contributed by atoms with Gasteiger partial charge in [0.2, 0.25) is 5.91 Å². The maximum Gasteiger partial charge on any atom is 0.234 e. The van der Waals surface area contributed by atoms with Crippen molar-refractivity contribution in [3.05, 3.63) is 23.8 Å². The maximum absolute atomic E-state index is 11.2. The number of hydrogen-bond donors (Lipinski definition) is 2. The number of hydrogen-bond acceptors (Lipinski definition) is 4. The Morgan fingerprint density at radius 1 is 1.50 bits per heavy atom. The second kappa shape index (κ2) is 4.45. The van der Waals surface area contributed by atoms with Crippen molar-refractivity contribution in [1.29, 1.82) is 0 Å². The molecule has 0 bridgehead atoms. The first kappa shape index (κ1) is 11.4. The number of aliphatic hydroxyl groups excluding tert-OH is 1. The first-order valence-electron chi connectivity index (χ1n) is 4.99. The highest BCUT2D eigenvalue weighted by Crippen LogP contribution is 2.33. The van der Waals surface area contributed by atoms with Crippen molar-refractivity contribution in [2.45, 2.75) is 11.1 Å². The number of carbonyl (C=O) groups is 1. The van der Waals surface area contributed by atoms with E-state index in [-0.39, 0.29) is 5.91 Å². The van der Waals surface area contributed by atoms with Crippen molar-refractivity contribution in [1.82, 2.24) is 4.90 Å². The van der Waals surface area contributed by atoms with Crippen LogP contribution in [0.15, 0.2) is 23.1 Å². The molecule has 2 rings (SSSR count). The number of rotatable bonds is 2. The van der Waals surface area contributed by atoms with Crippen molar-refractivity contribution in [2.75, 3.05) is 25.2 Å². The second-order valence-electron chi connectivity index (χ2n) is 3.93. The van der Waals surface area contributed by atoms with Crippen LogP contribution in [0.2, 0.25) is 0 Å². The fraction of sp³-hybridized carbons (Fsp3) is 0.364. The lowest BCUT2D eigenvalue weighted by atomic mass is 10.1. The largest absolute Gasteiger partial charge is 0.374 e. The van der Waals surface area contributed by atoms with Gasteiger partial charge in [0.25, 0.3) is 0 Å². The van der Waals surface area contributed by atoms with E-state index in [1.807, 2.05) is 18.2 Å². The van der Waals surface area contributed by atoms with E-state index in [2.05, 4.69) is 5.32 Å². The second-order valence-corrected chi connectivity index (χ2v) is 4.95. The van der Waals surface area contributed by atoms with Gasteiger partial charge in [0.05, 0.1) is 11.4 Å². The van der Waals surface area contributed by atoms with Crippen LogP contribution in [0.4, 0.5) is 5.69 Å². The molecule has 5 heteroatoms. The van der Waals surface area contributed by atoms with Crippen LogP contribution in [0.25, 0.3) is 0 Å². The van der Waals surface area contributed by atoms with E-state index in [0.717, 1.165) is 16.1 Å². The molecule has 0 saturated heterocycles. The molecule has 86 valence electrons. The summed E-state index contributed by atoms with van der Waals surface area (Å²) in [7, 11) is 3.61. The van der Waals surface area contributed by atoms with Gasteiger partial charge in [0, 0.05) is 4.90 Å². The minimum absolute atomic E-state index is 0.00833. The average molecular weight is 238 g/mol. The van der Waals surface area contributed by atoms with Crippen LogP contribution < -0.4 is 5.32 Å². The number of aliphatic hydroxyl groups is 1. The lowest BCUT2D eigenvalue weighted by Gasteiger charge is -2.22. The summed E-state index contributed by atoms with van der Waals surface area (Å²) in [5.41, 5.74) is 1.58. The first-order valence-corrected chi connectivity index (χ1v) is 5.97. The molecule has 0 spiro atoms. The zero-order valence-corrected chi connectivity index (χ0v) is 10.0. The quantitative estimate of drug-likeness (QED) is 0.762. The summed E-state index contributed by atoms with van der Waals surface area (Å²) in [6.45, 7) is 0. The Labute approximate surface area is 98.6 Å². The number of fused-ring (bicyclic) bond motifs is 1. The van der Waals surface area contributed by atoms with Gasteiger partial charge >= 0.3 is 0 Å². The standard InChI is InChI=1S/C11H14N2O2S/c1-13(2)11(15)7-3-4-9-8(5-7)12-10(14)6-16-9/h3-5,11,15H,6H2,1-2H3,(H,12,14). The molecule has 1 heterocycles. The van der Waals surface area contributed by atoms with E-state index in [1.54, 1.807) is 19.0 Å². The molecule has 1 aliphatic rings. The smallest absolute Gasteiger partial charge is 0.234 e. The van der Waals surface area contributed by atoms with Crippen LogP contribution >= 0.6 is 11.8 Å². The number of anilines is 1. The monoisotopic (exact) mass is 238 g/mol. The van der Waals surface area contributed by atoms with Gasteiger partial charge in [-0.1, -0.05) is 6.07 Å². The summed E-state index contributed by atoms with van der Waals surface area (Å²) >= 11 is 1.52. The van der Waals surface area contributed by atoms with E-state index < -0.39 is 6.23 Å². The van der Waals surface area contributed by atoms with Crippen molar-refractivity contribution in [2.24, 2.45) is 0 Å². The van der Waals surface area contributed by atoms with E-state index in [9.17, 15) is 9.90 Å². The zero-order valence-electron chi connectivity index (χ0n) is 9.23. The molecule has 1 aromatic rings. The lowest BCUT2D eigenvalue weighted by Crippen LogP contribution is -2.21. The topological polar surface area (TPSA) is 52.6 Å². The van der Waals surface area contributed by atoms with Gasteiger partial charge in [0.15, 0.2) is 0 Å². The molecule has 1 atom stereocenters. The normalized spacial score (nSPS) is 16.9. The minimum Gasteiger partial charge on any atom is -0.374 e. The molecule has 1 aliphatic heterocycles.